The molecule has 0 aliphatic heterocycles. The Labute approximate surface area is 134 Å². The van der Waals surface area contributed by atoms with Gasteiger partial charge in [-0.2, -0.15) is 12.6 Å². The second-order valence-corrected chi connectivity index (χ2v) is 5.36. The second kappa shape index (κ2) is 19.0. The minimum atomic E-state index is -1.26. The maximum Gasteiger partial charge on any atom is 0.328 e. The van der Waals surface area contributed by atoms with E-state index in [0.717, 1.165) is 5.75 Å². The van der Waals surface area contributed by atoms with Crippen LogP contribution in [0.5, 0.6) is 0 Å². The van der Waals surface area contributed by atoms with Gasteiger partial charge < -0.3 is 10.2 Å². The highest BCUT2D eigenvalue weighted by Crippen LogP contribution is 2.10. The Morgan fingerprint density at radius 2 is 1.10 bits per heavy atom. The predicted molar refractivity (Wildman–Crippen MR) is 90.1 cm³/mol. The largest absolute Gasteiger partial charge is 0.478 e. The molecule has 124 valence electrons. The second-order valence-electron chi connectivity index (χ2n) is 4.92. The molecule has 0 aromatic heterocycles. The number of carbonyl (C=O) groups is 2. The van der Waals surface area contributed by atoms with Crippen molar-refractivity contribution in [2.45, 2.75) is 71.1 Å². The van der Waals surface area contributed by atoms with Gasteiger partial charge in [-0.3, -0.25) is 0 Å². The van der Waals surface area contributed by atoms with Crippen LogP contribution in [0.1, 0.15) is 71.1 Å². The lowest BCUT2D eigenvalue weighted by atomic mass is 10.1. The number of unbranched alkanes of at least 4 members (excludes halogenated alkanes) is 9. The third-order valence-electron chi connectivity index (χ3n) is 2.88. The summed E-state index contributed by atoms with van der Waals surface area (Å²) in [6, 6.07) is 0. The summed E-state index contributed by atoms with van der Waals surface area (Å²) in [5.41, 5.74) is 0. The third kappa shape index (κ3) is 28.0. The zero-order valence-corrected chi connectivity index (χ0v) is 14.0. The topological polar surface area (TPSA) is 74.6 Å². The van der Waals surface area contributed by atoms with Crippen LogP contribution in [0.2, 0.25) is 0 Å². The van der Waals surface area contributed by atoms with E-state index in [2.05, 4.69) is 19.6 Å². The molecule has 0 unspecified atom stereocenters. The first-order valence-electron chi connectivity index (χ1n) is 7.79. The summed E-state index contributed by atoms with van der Waals surface area (Å²) in [6.07, 6.45) is 15.3. The van der Waals surface area contributed by atoms with Crippen molar-refractivity contribution in [2.24, 2.45) is 0 Å². The number of rotatable bonds is 12. The molecule has 0 radical (unpaired) electrons. The molecule has 0 aromatic carbocycles. The fourth-order valence-electron chi connectivity index (χ4n) is 1.74. The SMILES string of the molecule is CCCCCCCCCCCCS.O=C(O)C=CC(=O)O. The van der Waals surface area contributed by atoms with E-state index in [1.807, 2.05) is 0 Å². The third-order valence-corrected chi connectivity index (χ3v) is 3.20. The minimum absolute atomic E-state index is 0.558. The molecule has 0 aromatic rings. The molecule has 0 atom stereocenters. The normalized spacial score (nSPS) is 10.2. The standard InChI is InChI=1S/C12H26S.C4H4O4/c1-2-3-4-5-6-7-8-9-10-11-12-13;5-3(6)1-2-4(7)8/h13H,2-12H2,1H3;1-2H,(H,5,6)(H,7,8). The lowest BCUT2D eigenvalue weighted by Gasteiger charge is -2.00. The van der Waals surface area contributed by atoms with Gasteiger partial charge in [0.15, 0.2) is 0 Å². The van der Waals surface area contributed by atoms with Crippen molar-refractivity contribution in [2.75, 3.05) is 5.75 Å². The van der Waals surface area contributed by atoms with E-state index in [0.29, 0.717) is 12.2 Å². The summed E-state index contributed by atoms with van der Waals surface area (Å²) < 4.78 is 0. The van der Waals surface area contributed by atoms with Gasteiger partial charge in [0.2, 0.25) is 0 Å². The Morgan fingerprint density at radius 1 is 0.762 bits per heavy atom. The van der Waals surface area contributed by atoms with Crippen LogP contribution in [0, 0.1) is 0 Å². The van der Waals surface area contributed by atoms with Gasteiger partial charge in [0, 0.05) is 12.2 Å². The van der Waals surface area contributed by atoms with Crippen molar-refractivity contribution in [1.82, 2.24) is 0 Å². The summed E-state index contributed by atoms with van der Waals surface area (Å²) in [5.74, 6) is -1.45. The van der Waals surface area contributed by atoms with Gasteiger partial charge in [0.1, 0.15) is 0 Å². The highest BCUT2D eigenvalue weighted by molar-refractivity contribution is 7.80. The number of thiol groups is 1. The molecule has 0 heterocycles. The Balaban J connectivity index is 0. The first-order valence-corrected chi connectivity index (χ1v) is 8.42. The Hall–Kier alpha value is -0.970. The first-order chi connectivity index (χ1) is 10.0. The highest BCUT2D eigenvalue weighted by atomic mass is 32.1. The van der Waals surface area contributed by atoms with Crippen molar-refractivity contribution < 1.29 is 19.8 Å². The lowest BCUT2D eigenvalue weighted by Crippen LogP contribution is -1.91. The smallest absolute Gasteiger partial charge is 0.328 e. The van der Waals surface area contributed by atoms with E-state index in [1.54, 1.807) is 0 Å². The van der Waals surface area contributed by atoms with Gasteiger partial charge in [-0.1, -0.05) is 64.7 Å². The molecule has 0 saturated heterocycles. The molecule has 0 amide bonds. The average molecular weight is 318 g/mol. The number of carboxylic acid groups (broad SMARTS) is 2. The summed E-state index contributed by atoms with van der Waals surface area (Å²) >= 11 is 4.20. The van der Waals surface area contributed by atoms with E-state index >= 15 is 0 Å². The summed E-state index contributed by atoms with van der Waals surface area (Å²) in [4.78, 5) is 19.1. The van der Waals surface area contributed by atoms with Crippen LogP contribution in [0.4, 0.5) is 0 Å². The van der Waals surface area contributed by atoms with E-state index < -0.39 is 11.9 Å². The first kappa shape index (κ1) is 22.3. The zero-order chi connectivity index (χ0) is 16.3. The van der Waals surface area contributed by atoms with Crippen molar-refractivity contribution in [3.8, 4) is 0 Å². The fourth-order valence-corrected chi connectivity index (χ4v) is 1.97. The molecular formula is C16H30O4S. The molecule has 0 fully saturated rings. The molecule has 0 rings (SSSR count). The molecule has 0 bridgehead atoms. The van der Waals surface area contributed by atoms with Gasteiger partial charge >= 0.3 is 11.9 Å². The quantitative estimate of drug-likeness (QED) is 0.280. The van der Waals surface area contributed by atoms with Crippen LogP contribution in [0.15, 0.2) is 12.2 Å². The molecule has 21 heavy (non-hydrogen) atoms. The van der Waals surface area contributed by atoms with Crippen LogP contribution in [-0.2, 0) is 9.59 Å². The Bertz CT molecular complexity index is 251. The fraction of sp³-hybridized carbons (Fsp3) is 0.750. The summed E-state index contributed by atoms with van der Waals surface area (Å²) in [7, 11) is 0. The number of carboxylic acids is 2. The van der Waals surface area contributed by atoms with Crippen LogP contribution >= 0.6 is 12.6 Å². The zero-order valence-electron chi connectivity index (χ0n) is 13.1. The highest BCUT2D eigenvalue weighted by Gasteiger charge is 1.91. The Morgan fingerprint density at radius 3 is 1.38 bits per heavy atom. The van der Waals surface area contributed by atoms with Crippen molar-refractivity contribution in [1.29, 1.82) is 0 Å². The Kier molecular flexibility index (Phi) is 20.2. The maximum atomic E-state index is 9.55. The molecule has 4 nitrogen and oxygen atoms in total. The van der Waals surface area contributed by atoms with E-state index in [-0.39, 0.29) is 0 Å². The number of aliphatic carboxylic acids is 2. The van der Waals surface area contributed by atoms with Crippen LogP contribution in [-0.4, -0.2) is 27.9 Å². The van der Waals surface area contributed by atoms with Crippen molar-refractivity contribution >= 4 is 24.6 Å². The van der Waals surface area contributed by atoms with Crippen LogP contribution in [0.3, 0.4) is 0 Å². The summed E-state index contributed by atoms with van der Waals surface area (Å²) in [6.45, 7) is 2.28. The monoisotopic (exact) mass is 318 g/mol. The molecule has 0 aliphatic carbocycles. The summed E-state index contributed by atoms with van der Waals surface area (Å²) in [5, 5.41) is 15.6. The van der Waals surface area contributed by atoms with Crippen molar-refractivity contribution in [3.63, 3.8) is 0 Å². The van der Waals surface area contributed by atoms with E-state index in [4.69, 9.17) is 10.2 Å². The van der Waals surface area contributed by atoms with Crippen LogP contribution in [0.25, 0.3) is 0 Å². The van der Waals surface area contributed by atoms with Crippen LogP contribution < -0.4 is 0 Å². The average Bonchev–Trinajstić information content (AvgIpc) is 2.44. The van der Waals surface area contributed by atoms with Gasteiger partial charge in [-0.15, -0.1) is 0 Å². The van der Waals surface area contributed by atoms with E-state index in [1.165, 1.54) is 64.2 Å². The molecule has 0 spiro atoms. The molecule has 0 aliphatic rings. The molecule has 5 heteroatoms. The molecular weight excluding hydrogens is 288 g/mol. The van der Waals surface area contributed by atoms with Crippen molar-refractivity contribution in [3.05, 3.63) is 12.2 Å². The van der Waals surface area contributed by atoms with Gasteiger partial charge in [0.05, 0.1) is 0 Å². The lowest BCUT2D eigenvalue weighted by molar-refractivity contribution is -0.134. The molecule has 2 N–H and O–H groups in total. The minimum Gasteiger partial charge on any atom is -0.478 e. The predicted octanol–water partition coefficient (Wildman–Crippen LogP) is 4.55. The molecule has 0 saturated carbocycles. The number of hydrogen-bond acceptors (Lipinski definition) is 3. The van der Waals surface area contributed by atoms with Gasteiger partial charge in [0.25, 0.3) is 0 Å². The van der Waals surface area contributed by atoms with Gasteiger partial charge in [-0.25, -0.2) is 9.59 Å². The van der Waals surface area contributed by atoms with Gasteiger partial charge in [-0.05, 0) is 12.2 Å². The maximum absolute atomic E-state index is 9.55. The van der Waals surface area contributed by atoms with E-state index in [9.17, 15) is 9.59 Å². The number of hydrogen-bond donors (Lipinski definition) is 3.